The van der Waals surface area contributed by atoms with Crippen LogP contribution in [0.3, 0.4) is 0 Å². The van der Waals surface area contributed by atoms with Gasteiger partial charge in [0.1, 0.15) is 6.23 Å². The lowest BCUT2D eigenvalue weighted by Gasteiger charge is -2.40. The summed E-state index contributed by atoms with van der Waals surface area (Å²) in [4.78, 5) is 0. The monoisotopic (exact) mass is 326 g/mol. The molecule has 1 aromatic carbocycles. The molecule has 0 amide bonds. The Labute approximate surface area is 144 Å². The quantitative estimate of drug-likeness (QED) is 0.784. The van der Waals surface area contributed by atoms with Gasteiger partial charge in [-0.2, -0.15) is 10.4 Å². The summed E-state index contributed by atoms with van der Waals surface area (Å²) in [5, 5.41) is 15.6. The minimum absolute atomic E-state index is 0.0981. The summed E-state index contributed by atoms with van der Waals surface area (Å²) in [6, 6.07) is 9.61. The van der Waals surface area contributed by atoms with Crippen LogP contribution in [-0.4, -0.2) is 33.9 Å². The van der Waals surface area contributed by atoms with Crippen LogP contribution in [0, 0.1) is 22.7 Å². The van der Waals surface area contributed by atoms with Gasteiger partial charge in [0.15, 0.2) is 0 Å². The lowest BCUT2D eigenvalue weighted by molar-refractivity contribution is -0.00912. The second kappa shape index (κ2) is 6.26. The Balaban J connectivity index is 1.84. The molecule has 3 unspecified atom stereocenters. The second-order valence-electron chi connectivity index (χ2n) is 7.33. The summed E-state index contributed by atoms with van der Waals surface area (Å²) in [6.45, 7) is 8.74. The molecule has 3 atom stereocenters. The number of nitriles is 1. The molecule has 0 saturated carbocycles. The zero-order valence-corrected chi connectivity index (χ0v) is 15.1. The fourth-order valence-corrected chi connectivity index (χ4v) is 4.03. The third-order valence-electron chi connectivity index (χ3n) is 4.20. The highest BCUT2D eigenvalue weighted by Gasteiger charge is 2.46. The number of fused-ring (bicyclic) bond motifs is 1. The molecule has 2 aliphatic heterocycles. The Morgan fingerprint density at radius 3 is 2.57 bits per heavy atom. The molecule has 5 nitrogen and oxygen atoms in total. The summed E-state index contributed by atoms with van der Waals surface area (Å²) in [5.41, 5.74) is 2.85. The fourth-order valence-electron chi connectivity index (χ4n) is 3.16. The minimum Gasteiger partial charge on any atom is -0.480 e. The lowest BCUT2D eigenvalue weighted by atomic mass is 9.82. The summed E-state index contributed by atoms with van der Waals surface area (Å²) < 4.78 is 11.9. The Morgan fingerprint density at radius 2 is 1.96 bits per heavy atom. The molecule has 0 aliphatic carbocycles. The van der Waals surface area contributed by atoms with Crippen molar-refractivity contribution in [2.24, 2.45) is 16.4 Å². The van der Waals surface area contributed by atoms with Gasteiger partial charge in [-0.3, -0.25) is 0 Å². The van der Waals surface area contributed by atoms with E-state index in [0.29, 0.717) is 5.56 Å². The van der Waals surface area contributed by atoms with Crippen molar-refractivity contribution >= 4 is 27.3 Å². The van der Waals surface area contributed by atoms with Gasteiger partial charge in [0.25, 0.3) is 0 Å². The van der Waals surface area contributed by atoms with Crippen molar-refractivity contribution in [3.63, 3.8) is 0 Å². The number of anilines is 1. The number of hydrazone groups is 1. The van der Waals surface area contributed by atoms with E-state index in [9.17, 15) is 0 Å². The van der Waals surface area contributed by atoms with Gasteiger partial charge in [0.2, 0.25) is 0 Å². The zero-order valence-electron chi connectivity index (χ0n) is 14.0. The van der Waals surface area contributed by atoms with E-state index in [1.54, 1.807) is 0 Å². The van der Waals surface area contributed by atoms with E-state index in [2.05, 4.69) is 26.8 Å². The molecule has 0 bridgehead atoms. The number of hydrogen-bond donors (Lipinski definition) is 0. The van der Waals surface area contributed by atoms with E-state index in [-0.39, 0.29) is 23.7 Å². The maximum Gasteiger partial charge on any atom is 0.670 e. The molecular weight excluding hydrogens is 305 g/mol. The van der Waals surface area contributed by atoms with Crippen molar-refractivity contribution in [1.82, 2.24) is 0 Å². The van der Waals surface area contributed by atoms with E-state index in [4.69, 9.17) is 17.9 Å². The van der Waals surface area contributed by atoms with Gasteiger partial charge in [0, 0.05) is 11.8 Å². The Bertz CT molecular complexity index is 645. The molecule has 1 radical (unpaired) electrons. The first-order chi connectivity index (χ1) is 10.9. The van der Waals surface area contributed by atoms with Crippen LogP contribution in [0.15, 0.2) is 29.4 Å². The predicted molar refractivity (Wildman–Crippen MR) is 89.8 cm³/mol. The first-order valence-corrected chi connectivity index (χ1v) is 8.80. The van der Waals surface area contributed by atoms with Gasteiger partial charge in [-0.1, -0.05) is 20.8 Å². The van der Waals surface area contributed by atoms with Crippen molar-refractivity contribution in [2.75, 3.05) is 5.01 Å². The average molecular weight is 326 g/mol. The molecule has 1 aromatic rings. The minimum atomic E-state index is -0.483. The highest BCUT2D eigenvalue weighted by molar-refractivity contribution is 6.19. The average Bonchev–Trinajstić information content (AvgIpc) is 2.84. The van der Waals surface area contributed by atoms with Gasteiger partial charge in [-0.05, 0) is 43.0 Å². The van der Waals surface area contributed by atoms with Crippen molar-refractivity contribution in [3.05, 3.63) is 29.8 Å². The van der Waals surface area contributed by atoms with Crippen LogP contribution in [-0.2, 0) is 7.58 Å². The molecule has 1 fully saturated rings. The van der Waals surface area contributed by atoms with Crippen molar-refractivity contribution in [2.45, 2.75) is 46.4 Å². The van der Waals surface area contributed by atoms with Gasteiger partial charge < -0.3 is 7.58 Å². The Kier molecular flexibility index (Phi) is 4.49. The first-order valence-electron chi connectivity index (χ1n) is 7.86. The molecule has 0 spiro atoms. The van der Waals surface area contributed by atoms with E-state index in [0.717, 1.165) is 17.8 Å². The summed E-state index contributed by atoms with van der Waals surface area (Å²) >= 11 is -0.483. The van der Waals surface area contributed by atoms with Crippen LogP contribution in [0.5, 0.6) is 0 Å². The molecular formula is C17H21AlN3O2. The molecule has 23 heavy (non-hydrogen) atoms. The predicted octanol–water partition coefficient (Wildman–Crippen LogP) is 3.08. The standard InChI is InChI=1S/C17H21N3O2.Al/c1-11-15(14(21)9-17(2,3)4)16(22)20(19-11)13-7-5-12(10-18)6-8-13;/h5-8,14-16H,9H2,1-4H3;/q-2;+2. The molecule has 2 aliphatic rings. The molecule has 0 aromatic heterocycles. The highest BCUT2D eigenvalue weighted by Crippen LogP contribution is 2.38. The molecule has 3 rings (SSSR count). The van der Waals surface area contributed by atoms with Gasteiger partial charge in [-0.15, -0.1) is 0 Å². The van der Waals surface area contributed by atoms with Crippen LogP contribution in [0.4, 0.5) is 5.69 Å². The molecule has 119 valence electrons. The molecule has 0 N–H and O–H groups in total. The number of rotatable bonds is 2. The summed E-state index contributed by atoms with van der Waals surface area (Å²) in [7, 11) is 0. The molecule has 2 heterocycles. The zero-order chi connectivity index (χ0) is 16.6. The lowest BCUT2D eigenvalue weighted by Crippen LogP contribution is -2.49. The van der Waals surface area contributed by atoms with Crippen molar-refractivity contribution < 1.29 is 7.58 Å². The largest absolute Gasteiger partial charge is 0.670 e. The number of hydrogen-bond acceptors (Lipinski definition) is 5. The fraction of sp³-hybridized carbons (Fsp3) is 0.529. The maximum atomic E-state index is 8.94. The van der Waals surface area contributed by atoms with Crippen molar-refractivity contribution in [3.8, 4) is 6.07 Å². The summed E-state index contributed by atoms with van der Waals surface area (Å²) in [6.07, 6.45) is 1.04. The van der Waals surface area contributed by atoms with Crippen LogP contribution in [0.2, 0.25) is 0 Å². The maximum absolute atomic E-state index is 8.94. The number of nitrogens with zero attached hydrogens (tertiary/aromatic N) is 3. The van der Waals surface area contributed by atoms with E-state index in [1.165, 1.54) is 0 Å². The van der Waals surface area contributed by atoms with E-state index < -0.39 is 15.9 Å². The van der Waals surface area contributed by atoms with Crippen LogP contribution < -0.4 is 5.01 Å². The van der Waals surface area contributed by atoms with Gasteiger partial charge in [-0.25, -0.2) is 5.01 Å². The Morgan fingerprint density at radius 1 is 1.26 bits per heavy atom. The molecule has 1 saturated heterocycles. The van der Waals surface area contributed by atoms with Crippen molar-refractivity contribution in [1.29, 1.82) is 5.26 Å². The second-order valence-corrected chi connectivity index (χ2v) is 8.07. The SMILES string of the molecule is CC1=NN(c2ccc(C#N)cc2)C2[O][Al][O]C(CC(C)(C)C)C12. The molecule has 6 heteroatoms. The highest BCUT2D eigenvalue weighted by atomic mass is 27.2. The number of benzene rings is 1. The third kappa shape index (κ3) is 3.44. The smallest absolute Gasteiger partial charge is 0.480 e. The first kappa shape index (κ1) is 16.5. The topological polar surface area (TPSA) is 57.9 Å². The van der Waals surface area contributed by atoms with E-state index >= 15 is 0 Å². The summed E-state index contributed by atoms with van der Waals surface area (Å²) in [5.74, 6) is 0.158. The van der Waals surface area contributed by atoms with Crippen LogP contribution in [0.25, 0.3) is 0 Å². The van der Waals surface area contributed by atoms with Gasteiger partial charge in [0.05, 0.1) is 23.2 Å². The van der Waals surface area contributed by atoms with Crippen LogP contribution in [0.1, 0.15) is 39.7 Å². The normalized spacial score (nSPS) is 27.0. The third-order valence-corrected chi connectivity index (χ3v) is 5.05. The van der Waals surface area contributed by atoms with E-state index in [1.807, 2.05) is 36.2 Å². The Hall–Kier alpha value is -1.37. The van der Waals surface area contributed by atoms with Gasteiger partial charge >= 0.3 is 15.9 Å². The van der Waals surface area contributed by atoms with Crippen LogP contribution >= 0.6 is 0 Å².